The molecule has 0 aromatic carbocycles. The number of hydrogen-bond acceptors (Lipinski definition) is 4. The van der Waals surface area contributed by atoms with E-state index in [-0.39, 0.29) is 5.91 Å². The number of pyridine rings is 1. The van der Waals surface area contributed by atoms with Crippen LogP contribution in [0.15, 0.2) is 18.5 Å². The molecule has 0 aliphatic carbocycles. The Balaban J connectivity index is 2.07. The van der Waals surface area contributed by atoms with Gasteiger partial charge >= 0.3 is 0 Å². The van der Waals surface area contributed by atoms with Crippen LogP contribution in [0.2, 0.25) is 0 Å². The zero-order valence-electron chi connectivity index (χ0n) is 9.90. The molecule has 2 N–H and O–H groups in total. The average Bonchev–Trinajstić information content (AvgIpc) is 2.71. The number of hydrogen-bond donors (Lipinski definition) is 2. The minimum absolute atomic E-state index is 0.0260. The Morgan fingerprint density at radius 2 is 2.24 bits per heavy atom. The van der Waals surface area contributed by atoms with Crippen LogP contribution in [0.5, 0.6) is 0 Å². The molecule has 0 aliphatic rings. The fourth-order valence-corrected chi connectivity index (χ4v) is 1.61. The number of amides is 1. The largest absolute Gasteiger partial charge is 0.368 e. The number of nitrogens with zero attached hydrogens (tertiary/aromatic N) is 3. The Morgan fingerprint density at radius 1 is 1.41 bits per heavy atom. The first-order valence-electron chi connectivity index (χ1n) is 5.45. The lowest BCUT2D eigenvalue weighted by molar-refractivity contribution is -0.118. The highest BCUT2D eigenvalue weighted by Gasteiger charge is 2.03. The van der Waals surface area contributed by atoms with Crippen LogP contribution in [0.1, 0.15) is 12.5 Å². The highest BCUT2D eigenvalue weighted by molar-refractivity contribution is 5.72. The highest BCUT2D eigenvalue weighted by Crippen LogP contribution is 2.12. The third kappa shape index (κ3) is 2.72. The van der Waals surface area contributed by atoms with E-state index in [0.29, 0.717) is 13.1 Å². The van der Waals surface area contributed by atoms with E-state index in [1.165, 1.54) is 13.3 Å². The first-order chi connectivity index (χ1) is 8.16. The van der Waals surface area contributed by atoms with Crippen molar-refractivity contribution in [2.24, 2.45) is 0 Å². The van der Waals surface area contributed by atoms with Crippen LogP contribution in [-0.4, -0.2) is 33.6 Å². The minimum Gasteiger partial charge on any atom is -0.368 e. The Bertz CT molecular complexity index is 534. The molecule has 2 rings (SSSR count). The topological polar surface area (TPSA) is 71.3 Å². The Morgan fingerprint density at radius 3 is 3.00 bits per heavy atom. The van der Waals surface area contributed by atoms with Crippen LogP contribution in [-0.2, 0) is 4.79 Å². The van der Waals surface area contributed by atoms with Crippen molar-refractivity contribution in [3.63, 3.8) is 0 Å². The van der Waals surface area contributed by atoms with E-state index in [0.717, 1.165) is 17.0 Å². The fourth-order valence-electron chi connectivity index (χ4n) is 1.61. The Labute approximate surface area is 99.0 Å². The second-order valence-electron chi connectivity index (χ2n) is 3.86. The zero-order chi connectivity index (χ0) is 12.3. The number of carbonyl (C=O) groups is 1. The van der Waals surface area contributed by atoms with Gasteiger partial charge in [0.05, 0.1) is 0 Å². The number of anilines is 1. The van der Waals surface area contributed by atoms with Gasteiger partial charge in [-0.25, -0.2) is 4.98 Å². The summed E-state index contributed by atoms with van der Waals surface area (Å²) < 4.78 is 1.74. The predicted octanol–water partition coefficient (Wildman–Crippen LogP) is 0.586. The zero-order valence-corrected chi connectivity index (χ0v) is 9.90. The summed E-state index contributed by atoms with van der Waals surface area (Å²) in [5, 5.41) is 10.1. The number of nitrogens with one attached hydrogen (secondary N) is 2. The van der Waals surface area contributed by atoms with Gasteiger partial charge in [0.1, 0.15) is 12.1 Å². The van der Waals surface area contributed by atoms with Crippen molar-refractivity contribution in [1.29, 1.82) is 0 Å². The van der Waals surface area contributed by atoms with Crippen molar-refractivity contribution in [3.05, 3.63) is 24.0 Å². The Kier molecular flexibility index (Phi) is 3.22. The molecule has 0 aliphatic heterocycles. The molecule has 0 fully saturated rings. The SMILES string of the molecule is CC(=O)NCCNc1cc(C)cc2ncnn12. The van der Waals surface area contributed by atoms with Crippen molar-refractivity contribution in [2.75, 3.05) is 18.4 Å². The van der Waals surface area contributed by atoms with Crippen molar-refractivity contribution in [3.8, 4) is 0 Å². The maximum absolute atomic E-state index is 10.7. The molecule has 2 aromatic rings. The summed E-state index contributed by atoms with van der Waals surface area (Å²) in [6.45, 7) is 4.74. The lowest BCUT2D eigenvalue weighted by atomic mass is 10.3. The van der Waals surface area contributed by atoms with Crippen LogP contribution in [0.25, 0.3) is 5.65 Å². The van der Waals surface area contributed by atoms with E-state index in [2.05, 4.69) is 20.7 Å². The monoisotopic (exact) mass is 233 g/mol. The first kappa shape index (κ1) is 11.4. The molecule has 0 bridgehead atoms. The molecule has 6 nitrogen and oxygen atoms in total. The van der Waals surface area contributed by atoms with Crippen LogP contribution in [0.4, 0.5) is 5.82 Å². The van der Waals surface area contributed by atoms with Crippen molar-refractivity contribution in [1.82, 2.24) is 19.9 Å². The van der Waals surface area contributed by atoms with E-state index in [1.807, 2.05) is 19.1 Å². The maximum atomic E-state index is 10.7. The predicted molar refractivity (Wildman–Crippen MR) is 64.9 cm³/mol. The van der Waals surface area contributed by atoms with Crippen molar-refractivity contribution < 1.29 is 4.79 Å². The molecule has 0 atom stereocenters. The average molecular weight is 233 g/mol. The third-order valence-electron chi connectivity index (χ3n) is 2.33. The number of rotatable bonds is 4. The normalized spacial score (nSPS) is 10.5. The van der Waals surface area contributed by atoms with Gasteiger partial charge in [0.2, 0.25) is 5.91 Å². The molecule has 0 unspecified atom stereocenters. The summed E-state index contributed by atoms with van der Waals surface area (Å²) >= 11 is 0. The van der Waals surface area contributed by atoms with Crippen LogP contribution in [0, 0.1) is 6.92 Å². The van der Waals surface area contributed by atoms with E-state index < -0.39 is 0 Å². The summed E-state index contributed by atoms with van der Waals surface area (Å²) in [5.74, 6) is 0.852. The number of aromatic nitrogens is 3. The lowest BCUT2D eigenvalue weighted by Crippen LogP contribution is -2.26. The molecule has 1 amide bonds. The van der Waals surface area contributed by atoms with E-state index >= 15 is 0 Å². The molecule has 0 radical (unpaired) electrons. The second-order valence-corrected chi connectivity index (χ2v) is 3.86. The van der Waals surface area contributed by atoms with E-state index in [1.54, 1.807) is 4.52 Å². The summed E-state index contributed by atoms with van der Waals surface area (Å²) in [4.78, 5) is 14.9. The van der Waals surface area contributed by atoms with Gasteiger partial charge in [-0.2, -0.15) is 9.61 Å². The number of fused-ring (bicyclic) bond motifs is 1. The third-order valence-corrected chi connectivity index (χ3v) is 2.33. The molecule has 2 aromatic heterocycles. The van der Waals surface area contributed by atoms with Crippen LogP contribution >= 0.6 is 0 Å². The van der Waals surface area contributed by atoms with Gasteiger partial charge in [-0.3, -0.25) is 4.79 Å². The van der Waals surface area contributed by atoms with Gasteiger partial charge in [-0.05, 0) is 24.6 Å². The molecule has 17 heavy (non-hydrogen) atoms. The fraction of sp³-hybridized carbons (Fsp3) is 0.364. The summed E-state index contributed by atoms with van der Waals surface area (Å²) in [5.41, 5.74) is 1.93. The molecule has 2 heterocycles. The second kappa shape index (κ2) is 4.82. The summed E-state index contributed by atoms with van der Waals surface area (Å²) in [7, 11) is 0. The molecule has 0 saturated heterocycles. The molecule has 0 spiro atoms. The van der Waals surface area contributed by atoms with E-state index in [4.69, 9.17) is 0 Å². The van der Waals surface area contributed by atoms with Gasteiger partial charge < -0.3 is 10.6 Å². The molecule has 90 valence electrons. The summed E-state index contributed by atoms with van der Waals surface area (Å²) in [6.07, 6.45) is 1.52. The van der Waals surface area contributed by atoms with Gasteiger partial charge in [-0.1, -0.05) is 0 Å². The van der Waals surface area contributed by atoms with Gasteiger partial charge in [0, 0.05) is 20.0 Å². The Hall–Kier alpha value is -2.11. The molecular formula is C11H15N5O. The lowest BCUT2D eigenvalue weighted by Gasteiger charge is -2.09. The van der Waals surface area contributed by atoms with Gasteiger partial charge in [-0.15, -0.1) is 0 Å². The standard InChI is InChI=1S/C11H15N5O/c1-8-5-10(13-4-3-12-9(2)17)16-11(6-8)14-7-15-16/h5-7,13H,3-4H2,1-2H3,(H,12,17). The minimum atomic E-state index is -0.0260. The van der Waals surface area contributed by atoms with Gasteiger partial charge in [0.15, 0.2) is 5.65 Å². The number of carbonyl (C=O) groups excluding carboxylic acids is 1. The van der Waals surface area contributed by atoms with Crippen LogP contribution in [0.3, 0.4) is 0 Å². The van der Waals surface area contributed by atoms with E-state index in [9.17, 15) is 4.79 Å². The van der Waals surface area contributed by atoms with Crippen LogP contribution < -0.4 is 10.6 Å². The highest BCUT2D eigenvalue weighted by atomic mass is 16.1. The number of aryl methyl sites for hydroxylation is 1. The first-order valence-corrected chi connectivity index (χ1v) is 5.45. The molecular weight excluding hydrogens is 218 g/mol. The molecule has 6 heteroatoms. The molecule has 0 saturated carbocycles. The summed E-state index contributed by atoms with van der Waals surface area (Å²) in [6, 6.07) is 3.96. The van der Waals surface area contributed by atoms with Crippen molar-refractivity contribution >= 4 is 17.4 Å². The smallest absolute Gasteiger partial charge is 0.216 e. The maximum Gasteiger partial charge on any atom is 0.216 e. The quantitative estimate of drug-likeness (QED) is 0.758. The van der Waals surface area contributed by atoms with Gasteiger partial charge in [0.25, 0.3) is 0 Å². The van der Waals surface area contributed by atoms with Crippen molar-refractivity contribution in [2.45, 2.75) is 13.8 Å².